The molecule has 1 rings (SSSR count). The summed E-state index contributed by atoms with van der Waals surface area (Å²) in [5.41, 5.74) is 2.70. The van der Waals surface area contributed by atoms with Crippen LogP contribution in [0.2, 0.25) is 0 Å². The summed E-state index contributed by atoms with van der Waals surface area (Å²) in [6.07, 6.45) is -10.2. The molecule has 1 radical (unpaired) electrons. The molecule has 0 aromatic carbocycles. The second-order valence-corrected chi connectivity index (χ2v) is 9.21. The fraction of sp³-hybridized carbons (Fsp3) is 0.786. The molecule has 0 aliphatic heterocycles. The third-order valence-electron chi connectivity index (χ3n) is 3.71. The van der Waals surface area contributed by atoms with Crippen LogP contribution in [0, 0.1) is 13.8 Å². The molecule has 0 unspecified atom stereocenters. The van der Waals surface area contributed by atoms with E-state index >= 15 is 0 Å². The quantitative estimate of drug-likeness (QED) is 0.259. The molecule has 0 spiro atoms. The van der Waals surface area contributed by atoms with Crippen molar-refractivity contribution in [2.24, 2.45) is 7.05 Å². The number of hydrogen-bond acceptors (Lipinski definition) is 6. The van der Waals surface area contributed by atoms with Crippen LogP contribution in [0.1, 0.15) is 31.2 Å². The standard InChI is InChI=1S/C10H19N2.2C2HF5O3S.Ir/c1-5-6-7-12-10(3)8-9(2)11(12)4;2*3-1(4,5)2(6,7)11(8,9)10;/h8H,5-7H2,1-4H3;2*(H,8,9,10);/q+1;;;/p-2. The minimum absolute atomic E-state index is 0. The maximum Gasteiger partial charge on any atom is 0.468 e. The van der Waals surface area contributed by atoms with E-state index in [0.29, 0.717) is 0 Å². The Morgan fingerprint density at radius 2 is 1.14 bits per heavy atom. The zero-order chi connectivity index (χ0) is 28.1. The Morgan fingerprint density at radius 3 is 1.29 bits per heavy atom. The number of nitrogens with zero attached hydrogens (tertiary/aromatic N) is 2. The molecule has 0 saturated carbocycles. The van der Waals surface area contributed by atoms with Crippen molar-refractivity contribution < 1.29 is 94.6 Å². The molecule has 213 valence electrons. The van der Waals surface area contributed by atoms with Crippen LogP contribution in [-0.2, 0) is 53.9 Å². The summed E-state index contributed by atoms with van der Waals surface area (Å²) in [5.74, 6) is 0. The Balaban J connectivity index is -0.000000434. The molecule has 1 aromatic rings. The van der Waals surface area contributed by atoms with Crippen LogP contribution in [0.3, 0.4) is 0 Å². The molecule has 0 N–H and O–H groups in total. The fourth-order valence-corrected chi connectivity index (χ4v) is 2.38. The Hall–Kier alpha value is -1.02. The normalized spacial score (nSPS) is 13.1. The van der Waals surface area contributed by atoms with Gasteiger partial charge in [0.2, 0.25) is 5.69 Å². The van der Waals surface area contributed by atoms with E-state index in [4.69, 9.17) is 0 Å². The third-order valence-corrected chi connectivity index (χ3v) is 5.43. The summed E-state index contributed by atoms with van der Waals surface area (Å²) < 4.78 is 172. The zero-order valence-electron chi connectivity index (χ0n) is 18.0. The zero-order valence-corrected chi connectivity index (χ0v) is 22.0. The minimum atomic E-state index is -6.67. The van der Waals surface area contributed by atoms with Gasteiger partial charge in [-0.1, -0.05) is 13.3 Å². The first kappa shape index (κ1) is 38.5. The Morgan fingerprint density at radius 1 is 0.829 bits per heavy atom. The van der Waals surface area contributed by atoms with Crippen molar-refractivity contribution >= 4 is 20.2 Å². The van der Waals surface area contributed by atoms with Crippen molar-refractivity contribution in [3.8, 4) is 0 Å². The van der Waals surface area contributed by atoms with Gasteiger partial charge in [-0.2, -0.15) is 48.6 Å². The Bertz CT molecular complexity index is 968. The van der Waals surface area contributed by atoms with Crippen molar-refractivity contribution in [2.75, 3.05) is 0 Å². The first-order chi connectivity index (χ1) is 14.7. The van der Waals surface area contributed by atoms with Gasteiger partial charge in [0, 0.05) is 33.1 Å². The molecule has 0 aliphatic carbocycles. The van der Waals surface area contributed by atoms with Crippen LogP contribution >= 0.6 is 0 Å². The van der Waals surface area contributed by atoms with Gasteiger partial charge in [0.15, 0.2) is 27.3 Å². The van der Waals surface area contributed by atoms with E-state index in [1.807, 2.05) is 0 Å². The maximum absolute atomic E-state index is 11.4. The van der Waals surface area contributed by atoms with Crippen LogP contribution in [-0.4, -0.2) is 53.5 Å². The maximum atomic E-state index is 11.4. The first-order valence-corrected chi connectivity index (χ1v) is 11.3. The summed E-state index contributed by atoms with van der Waals surface area (Å²) in [6.45, 7) is 7.69. The number of aromatic nitrogens is 2. The molecule has 1 aromatic heterocycles. The largest absolute Gasteiger partial charge is 0.743 e. The third kappa shape index (κ3) is 10.5. The summed E-state index contributed by atoms with van der Waals surface area (Å²) in [7, 11) is -11.2. The van der Waals surface area contributed by atoms with E-state index in [0.717, 1.165) is 6.54 Å². The molecule has 1 heterocycles. The fourth-order valence-electron chi connectivity index (χ4n) is 1.81. The van der Waals surface area contributed by atoms with Crippen LogP contribution < -0.4 is 4.68 Å². The smallest absolute Gasteiger partial charge is 0.468 e. The first-order valence-electron chi connectivity index (χ1n) is 8.49. The molecule has 35 heavy (non-hydrogen) atoms. The number of halogens is 10. The van der Waals surface area contributed by atoms with Gasteiger partial charge in [-0.05, 0) is 13.3 Å². The second kappa shape index (κ2) is 13.0. The summed E-state index contributed by atoms with van der Waals surface area (Å²) in [4.78, 5) is 0. The number of unbranched alkanes of at least 4 members (excludes halogenated alkanes) is 1. The SMILES string of the molecule is CCCCn1c(C)cc(C)[n+]1C.O=S(=O)([O-])C(F)(F)C(F)(F)F.O=S(=O)([O-])C(F)(F)C(F)(F)F.[Ir]. The average Bonchev–Trinajstić information content (AvgIpc) is 2.82. The number of rotatable bonds is 5. The minimum Gasteiger partial charge on any atom is -0.743 e. The molecule has 0 atom stereocenters. The molecule has 0 aliphatic rings. The van der Waals surface area contributed by atoms with Crippen molar-refractivity contribution in [1.82, 2.24) is 4.68 Å². The molecular weight excluding hydrogens is 738 g/mol. The van der Waals surface area contributed by atoms with Gasteiger partial charge in [0.1, 0.15) is 0 Å². The second-order valence-electron chi connectivity index (χ2n) is 6.36. The van der Waals surface area contributed by atoms with E-state index < -0.39 is 43.1 Å². The van der Waals surface area contributed by atoms with Crippen LogP contribution in [0.15, 0.2) is 6.07 Å². The number of hydrogen-bond donors (Lipinski definition) is 0. The molecule has 0 amide bonds. The van der Waals surface area contributed by atoms with Crippen molar-refractivity contribution in [3.63, 3.8) is 0 Å². The van der Waals surface area contributed by atoms with Gasteiger partial charge in [-0.3, -0.25) is 0 Å². The van der Waals surface area contributed by atoms with Crippen LogP contribution in [0.4, 0.5) is 43.9 Å². The topological polar surface area (TPSA) is 123 Å². The molecule has 0 fully saturated rings. The average molecular weight is 758 g/mol. The van der Waals surface area contributed by atoms with E-state index in [-0.39, 0.29) is 20.1 Å². The van der Waals surface area contributed by atoms with Gasteiger partial charge < -0.3 is 9.11 Å². The van der Waals surface area contributed by atoms with Gasteiger partial charge in [-0.25, -0.2) is 16.8 Å². The monoisotopic (exact) mass is 758 g/mol. The van der Waals surface area contributed by atoms with E-state index in [9.17, 15) is 69.8 Å². The van der Waals surface area contributed by atoms with Crippen molar-refractivity contribution in [2.45, 2.75) is 63.0 Å². The van der Waals surface area contributed by atoms with Gasteiger partial charge in [0.05, 0.1) is 12.2 Å². The predicted molar refractivity (Wildman–Crippen MR) is 91.4 cm³/mol. The molecule has 0 bridgehead atoms. The Labute approximate surface area is 207 Å². The van der Waals surface area contributed by atoms with Crippen LogP contribution in [0.25, 0.3) is 0 Å². The molecule has 8 nitrogen and oxygen atoms in total. The van der Waals surface area contributed by atoms with Gasteiger partial charge in [-0.15, -0.1) is 4.68 Å². The predicted octanol–water partition coefficient (Wildman–Crippen LogP) is 3.10. The van der Waals surface area contributed by atoms with Crippen LogP contribution in [0.5, 0.6) is 0 Å². The van der Waals surface area contributed by atoms with Gasteiger partial charge >= 0.3 is 22.9 Å². The Kier molecular flexibility index (Phi) is 14.3. The van der Waals surface area contributed by atoms with E-state index in [1.54, 1.807) is 0 Å². The van der Waals surface area contributed by atoms with E-state index in [2.05, 4.69) is 43.2 Å². The van der Waals surface area contributed by atoms with Crippen molar-refractivity contribution in [1.29, 1.82) is 0 Å². The number of aryl methyl sites for hydroxylation is 2. The molecule has 0 saturated heterocycles. The molecular formula is C14H19F10IrN2O6S2-. The summed E-state index contributed by atoms with van der Waals surface area (Å²) in [5, 5.41) is -12.4. The van der Waals surface area contributed by atoms with Gasteiger partial charge in [0.25, 0.3) is 0 Å². The summed E-state index contributed by atoms with van der Waals surface area (Å²) in [6, 6.07) is 2.23. The molecule has 21 heteroatoms. The summed E-state index contributed by atoms with van der Waals surface area (Å²) >= 11 is 0. The van der Waals surface area contributed by atoms with E-state index in [1.165, 1.54) is 24.2 Å². The van der Waals surface area contributed by atoms with Crippen molar-refractivity contribution in [3.05, 3.63) is 17.5 Å². The number of alkyl halides is 10.